The molecule has 9 heteroatoms. The van der Waals surface area contributed by atoms with Gasteiger partial charge in [-0.3, -0.25) is 14.6 Å². The third kappa shape index (κ3) is 4.93. The molecule has 0 aliphatic carbocycles. The summed E-state index contributed by atoms with van der Waals surface area (Å²) in [6.07, 6.45) is 0. The van der Waals surface area contributed by atoms with Crippen molar-refractivity contribution in [1.82, 2.24) is 14.9 Å². The Morgan fingerprint density at radius 2 is 1.83 bits per heavy atom. The number of carbonyl (C=O) groups excluding carboxylic acids is 1. The number of benzene rings is 3. The number of hydrogen-bond acceptors (Lipinski definition) is 6. The lowest BCUT2D eigenvalue weighted by Gasteiger charge is -2.35. The van der Waals surface area contributed by atoms with Crippen LogP contribution in [0, 0.1) is 0 Å². The van der Waals surface area contributed by atoms with Crippen molar-refractivity contribution in [3.63, 3.8) is 0 Å². The predicted octanol–water partition coefficient (Wildman–Crippen LogP) is 3.82. The molecule has 3 aromatic carbocycles. The van der Waals surface area contributed by atoms with E-state index < -0.39 is 0 Å². The Balaban J connectivity index is 1.22. The second-order valence-electron chi connectivity index (χ2n) is 8.28. The van der Waals surface area contributed by atoms with Crippen LogP contribution in [-0.2, 0) is 6.61 Å². The fourth-order valence-electron chi connectivity index (χ4n) is 4.06. The lowest BCUT2D eigenvalue weighted by molar-refractivity contribution is 0.0745. The quantitative estimate of drug-likeness (QED) is 0.441. The van der Waals surface area contributed by atoms with Crippen molar-refractivity contribution >= 4 is 34.4 Å². The molecule has 0 saturated carbocycles. The van der Waals surface area contributed by atoms with Gasteiger partial charge in [-0.25, -0.2) is 4.98 Å². The summed E-state index contributed by atoms with van der Waals surface area (Å²) >= 11 is 5.97. The highest BCUT2D eigenvalue weighted by molar-refractivity contribution is 6.30. The van der Waals surface area contributed by atoms with Gasteiger partial charge in [0.25, 0.3) is 11.5 Å². The number of rotatable bonds is 5. The molecule has 1 amide bonds. The number of halogens is 1. The van der Waals surface area contributed by atoms with E-state index in [0.29, 0.717) is 64.9 Å². The van der Waals surface area contributed by atoms with E-state index in [1.807, 2.05) is 17.0 Å². The second-order valence-corrected chi connectivity index (χ2v) is 8.71. The zero-order valence-electron chi connectivity index (χ0n) is 18.8. The molecule has 8 nitrogen and oxygen atoms in total. The van der Waals surface area contributed by atoms with Gasteiger partial charge in [-0.2, -0.15) is 0 Å². The molecule has 1 fully saturated rings. The van der Waals surface area contributed by atoms with Crippen LogP contribution in [0.2, 0.25) is 5.02 Å². The van der Waals surface area contributed by atoms with Crippen LogP contribution in [0.1, 0.15) is 15.9 Å². The number of fused-ring (bicyclic) bond motifs is 1. The molecule has 178 valence electrons. The molecule has 0 bridgehead atoms. The average molecular weight is 491 g/mol. The van der Waals surface area contributed by atoms with Crippen molar-refractivity contribution in [3.05, 3.63) is 93.2 Å². The molecule has 1 aromatic heterocycles. The molecule has 0 atom stereocenters. The van der Waals surface area contributed by atoms with Crippen LogP contribution in [-0.4, -0.2) is 52.1 Å². The maximum Gasteiger partial charge on any atom is 0.260 e. The maximum absolute atomic E-state index is 13.0. The predicted molar refractivity (Wildman–Crippen MR) is 134 cm³/mol. The van der Waals surface area contributed by atoms with Crippen molar-refractivity contribution in [2.45, 2.75) is 6.61 Å². The highest BCUT2D eigenvalue weighted by Crippen LogP contribution is 2.24. The summed E-state index contributed by atoms with van der Waals surface area (Å²) in [5.41, 5.74) is 1.43. The molecule has 0 unspecified atom stereocenters. The van der Waals surface area contributed by atoms with Gasteiger partial charge in [-0.1, -0.05) is 35.9 Å². The maximum atomic E-state index is 13.0. The van der Waals surface area contributed by atoms with Gasteiger partial charge in [-0.15, -0.1) is 0 Å². The van der Waals surface area contributed by atoms with Crippen LogP contribution >= 0.6 is 11.6 Å². The number of phenolic OH excluding ortho intramolecular Hbond substituents is 1. The summed E-state index contributed by atoms with van der Waals surface area (Å²) in [6.45, 7) is 2.15. The summed E-state index contributed by atoms with van der Waals surface area (Å²) in [5, 5.41) is 11.6. The lowest BCUT2D eigenvalue weighted by Crippen LogP contribution is -2.49. The van der Waals surface area contributed by atoms with Crippen molar-refractivity contribution < 1.29 is 14.6 Å². The second kappa shape index (κ2) is 9.68. The fraction of sp³-hybridized carbons (Fsp3) is 0.192. The fourth-order valence-corrected chi connectivity index (χ4v) is 4.24. The number of amides is 1. The number of carbonyl (C=O) groups is 1. The Bertz CT molecular complexity index is 1450. The molecule has 5 rings (SSSR count). The first-order valence-corrected chi connectivity index (χ1v) is 11.6. The minimum absolute atomic E-state index is 0.00514. The minimum Gasteiger partial charge on any atom is -0.508 e. The van der Waals surface area contributed by atoms with Gasteiger partial charge in [0.15, 0.2) is 0 Å². The number of aromatic nitrogens is 2. The standard InChI is InChI=1S/C26H23ClN4O4/c27-19-4-3-5-20(15-19)35-16-18-9-8-17(14-23(18)32)25(34)30-10-12-31(13-11-30)26-28-22-7-2-1-6-21(22)24(33)29-26/h1-9,14-15,32H,10-13,16H2,(H,28,29,33). The monoisotopic (exact) mass is 490 g/mol. The van der Waals surface area contributed by atoms with Gasteiger partial charge in [-0.05, 0) is 42.5 Å². The number of para-hydroxylation sites is 1. The molecular weight excluding hydrogens is 468 g/mol. The van der Waals surface area contributed by atoms with Crippen LogP contribution in [0.15, 0.2) is 71.5 Å². The summed E-state index contributed by atoms with van der Waals surface area (Å²) in [5.74, 6) is 0.927. The largest absolute Gasteiger partial charge is 0.508 e. The van der Waals surface area contributed by atoms with Crippen molar-refractivity contribution in [2.24, 2.45) is 0 Å². The number of piperazine rings is 1. The van der Waals surface area contributed by atoms with Gasteiger partial charge >= 0.3 is 0 Å². The van der Waals surface area contributed by atoms with E-state index in [4.69, 9.17) is 16.3 Å². The highest BCUT2D eigenvalue weighted by atomic mass is 35.5. The van der Waals surface area contributed by atoms with Crippen LogP contribution in [0.4, 0.5) is 5.95 Å². The summed E-state index contributed by atoms with van der Waals surface area (Å²) in [4.78, 5) is 36.5. The summed E-state index contributed by atoms with van der Waals surface area (Å²) < 4.78 is 5.68. The first-order valence-electron chi connectivity index (χ1n) is 11.2. The van der Waals surface area contributed by atoms with Crippen molar-refractivity contribution in [3.8, 4) is 11.5 Å². The molecule has 0 spiro atoms. The zero-order chi connectivity index (χ0) is 24.4. The Kier molecular flexibility index (Phi) is 6.29. The third-order valence-electron chi connectivity index (χ3n) is 5.99. The number of aromatic amines is 1. The van der Waals surface area contributed by atoms with E-state index in [0.717, 1.165) is 0 Å². The van der Waals surface area contributed by atoms with E-state index in [9.17, 15) is 14.7 Å². The topological polar surface area (TPSA) is 98.8 Å². The Morgan fingerprint density at radius 1 is 1.03 bits per heavy atom. The third-order valence-corrected chi connectivity index (χ3v) is 6.22. The number of phenols is 1. The molecular formula is C26H23ClN4O4. The van der Waals surface area contributed by atoms with E-state index >= 15 is 0 Å². The molecule has 35 heavy (non-hydrogen) atoms. The van der Waals surface area contributed by atoms with E-state index in [2.05, 4.69) is 9.97 Å². The SMILES string of the molecule is O=C(c1ccc(COc2cccc(Cl)c2)c(O)c1)N1CCN(c2nc3ccccc3c(=O)[nH]2)CC1. The number of ether oxygens (including phenoxy) is 1. The molecule has 0 radical (unpaired) electrons. The number of aromatic hydroxyl groups is 1. The van der Waals surface area contributed by atoms with Gasteiger partial charge in [0.05, 0.1) is 10.9 Å². The Labute approximate surface area is 206 Å². The van der Waals surface area contributed by atoms with Crippen LogP contribution < -0.4 is 15.2 Å². The van der Waals surface area contributed by atoms with Gasteiger partial charge in [0, 0.05) is 42.3 Å². The van der Waals surface area contributed by atoms with Crippen LogP contribution in [0.25, 0.3) is 10.9 Å². The normalized spacial score (nSPS) is 13.7. The highest BCUT2D eigenvalue weighted by Gasteiger charge is 2.24. The average Bonchev–Trinajstić information content (AvgIpc) is 2.87. The number of hydrogen-bond donors (Lipinski definition) is 2. The molecule has 1 saturated heterocycles. The first kappa shape index (κ1) is 22.7. The van der Waals surface area contributed by atoms with Gasteiger partial charge in [0.2, 0.25) is 5.95 Å². The number of H-pyrrole nitrogens is 1. The zero-order valence-corrected chi connectivity index (χ0v) is 19.5. The van der Waals surface area contributed by atoms with E-state index in [1.165, 1.54) is 6.07 Å². The minimum atomic E-state index is -0.181. The summed E-state index contributed by atoms with van der Waals surface area (Å²) in [7, 11) is 0. The number of nitrogens with zero attached hydrogens (tertiary/aromatic N) is 3. The molecule has 1 aliphatic heterocycles. The first-order chi connectivity index (χ1) is 17.0. The van der Waals surface area contributed by atoms with Gasteiger partial charge < -0.3 is 19.6 Å². The van der Waals surface area contributed by atoms with E-state index in [-0.39, 0.29) is 23.8 Å². The molecule has 4 aromatic rings. The molecule has 2 heterocycles. The van der Waals surface area contributed by atoms with Gasteiger partial charge in [0.1, 0.15) is 18.1 Å². The smallest absolute Gasteiger partial charge is 0.260 e. The van der Waals surface area contributed by atoms with Crippen LogP contribution in [0.5, 0.6) is 11.5 Å². The number of anilines is 1. The molecule has 1 aliphatic rings. The summed E-state index contributed by atoms with van der Waals surface area (Å²) in [6, 6.07) is 19.1. The molecule has 2 N–H and O–H groups in total. The van der Waals surface area contributed by atoms with Crippen molar-refractivity contribution in [2.75, 3.05) is 31.1 Å². The Hall–Kier alpha value is -4.04. The van der Waals surface area contributed by atoms with Crippen LogP contribution in [0.3, 0.4) is 0 Å². The Morgan fingerprint density at radius 3 is 2.60 bits per heavy atom. The number of nitrogens with one attached hydrogen (secondary N) is 1. The van der Waals surface area contributed by atoms with Crippen molar-refractivity contribution in [1.29, 1.82) is 0 Å². The lowest BCUT2D eigenvalue weighted by atomic mass is 10.1. The van der Waals surface area contributed by atoms with E-state index in [1.54, 1.807) is 53.4 Å².